The van der Waals surface area contributed by atoms with Crippen molar-refractivity contribution in [2.24, 2.45) is 0 Å². The van der Waals surface area contributed by atoms with Crippen LogP contribution in [0.3, 0.4) is 0 Å². The number of rotatable bonds is 9. The minimum absolute atomic E-state index is 0.0233. The summed E-state index contributed by atoms with van der Waals surface area (Å²) in [7, 11) is -0.153. The molecule has 1 atom stereocenters. The minimum Gasteiger partial charge on any atom is -0.421 e. The highest BCUT2D eigenvalue weighted by atomic mass is 28.2. The maximum Gasteiger partial charge on any atom is 0.460 e. The van der Waals surface area contributed by atoms with Gasteiger partial charge in [0.25, 0.3) is 0 Å². The predicted octanol–water partition coefficient (Wildman–Crippen LogP) is 4.75. The fraction of sp³-hybridized carbons (Fsp3) is 0.833. The average molecular weight is 448 g/mol. The molecule has 0 aromatic rings. The quantitative estimate of drug-likeness (QED) is 0.281. The molecule has 0 radical (unpaired) electrons. The summed E-state index contributed by atoms with van der Waals surface area (Å²) in [6.45, 7) is 4.38. The molecule has 0 aliphatic rings. The second-order valence-corrected chi connectivity index (χ2v) is 6.08. The summed E-state index contributed by atoms with van der Waals surface area (Å²) in [5.41, 5.74) is -0.0233. The van der Waals surface area contributed by atoms with Crippen LogP contribution in [-0.4, -0.2) is 52.4 Å². The van der Waals surface area contributed by atoms with Crippen LogP contribution < -0.4 is 0 Å². The molecule has 1 unspecified atom stereocenters. The monoisotopic (exact) mass is 448 g/mol. The zero-order chi connectivity index (χ0) is 22.3. The lowest BCUT2D eigenvalue weighted by atomic mass is 9.91. The molecule has 15 heteroatoms. The SMILES string of the molecule is C=C(C)C(CCC(F)(F)C(F)(F)C(F)(F)C(F)(F)C(F)(F)C(F)(F)F)O[SiH3]. The molecule has 0 saturated carbocycles. The fourth-order valence-corrected chi connectivity index (χ4v) is 2.47. The molecule has 162 valence electrons. The minimum atomic E-state index is -7.87. The summed E-state index contributed by atoms with van der Waals surface area (Å²) in [5, 5.41) is 0. The van der Waals surface area contributed by atoms with E-state index in [4.69, 9.17) is 0 Å². The molecule has 0 aromatic carbocycles. The van der Waals surface area contributed by atoms with Crippen molar-refractivity contribution in [2.45, 2.75) is 61.7 Å². The van der Waals surface area contributed by atoms with E-state index >= 15 is 0 Å². The number of halogens is 13. The Labute approximate surface area is 147 Å². The summed E-state index contributed by atoms with van der Waals surface area (Å²) in [6.07, 6.45) is -12.2. The molecule has 0 fully saturated rings. The normalized spacial score (nSPS) is 16.5. The molecule has 0 amide bonds. The van der Waals surface area contributed by atoms with Gasteiger partial charge in [-0.15, -0.1) is 0 Å². The molecule has 0 rings (SSSR count). The van der Waals surface area contributed by atoms with E-state index in [-0.39, 0.29) is 16.1 Å². The number of hydrogen-bond donors (Lipinski definition) is 0. The van der Waals surface area contributed by atoms with Gasteiger partial charge in [-0.05, 0) is 13.3 Å². The van der Waals surface area contributed by atoms with Gasteiger partial charge in [-0.3, -0.25) is 0 Å². The van der Waals surface area contributed by atoms with Crippen molar-refractivity contribution in [3.05, 3.63) is 12.2 Å². The Hall–Kier alpha value is -0.993. The van der Waals surface area contributed by atoms with Crippen molar-refractivity contribution >= 4 is 10.5 Å². The van der Waals surface area contributed by atoms with E-state index in [2.05, 4.69) is 11.0 Å². The van der Waals surface area contributed by atoms with Crippen molar-refractivity contribution in [1.29, 1.82) is 0 Å². The van der Waals surface area contributed by atoms with Crippen molar-refractivity contribution in [3.8, 4) is 0 Å². The van der Waals surface area contributed by atoms with E-state index in [0.29, 0.717) is 0 Å². The van der Waals surface area contributed by atoms with Crippen LogP contribution in [0.1, 0.15) is 19.8 Å². The largest absolute Gasteiger partial charge is 0.460 e. The van der Waals surface area contributed by atoms with Crippen molar-refractivity contribution in [3.63, 3.8) is 0 Å². The molecule has 0 N–H and O–H groups in total. The highest BCUT2D eigenvalue weighted by molar-refractivity contribution is 5.98. The second kappa shape index (κ2) is 7.44. The lowest BCUT2D eigenvalue weighted by Gasteiger charge is -2.40. The first-order chi connectivity index (χ1) is 11.6. The number of alkyl halides is 13. The Balaban J connectivity index is 5.97. The molecule has 0 aliphatic heterocycles. The highest BCUT2D eigenvalue weighted by Gasteiger charge is 2.90. The van der Waals surface area contributed by atoms with Gasteiger partial charge >= 0.3 is 35.8 Å². The molecule has 1 nitrogen and oxygen atoms in total. The summed E-state index contributed by atoms with van der Waals surface area (Å²) in [5.74, 6) is -36.6. The van der Waals surface area contributed by atoms with Crippen LogP contribution in [0.5, 0.6) is 0 Å². The lowest BCUT2D eigenvalue weighted by molar-refractivity contribution is -0.440. The van der Waals surface area contributed by atoms with Gasteiger partial charge in [-0.2, -0.15) is 57.1 Å². The van der Waals surface area contributed by atoms with Gasteiger partial charge in [-0.25, -0.2) is 0 Å². The third kappa shape index (κ3) is 4.22. The van der Waals surface area contributed by atoms with Crippen LogP contribution in [0.15, 0.2) is 12.2 Å². The van der Waals surface area contributed by atoms with Gasteiger partial charge in [-0.1, -0.05) is 12.2 Å². The van der Waals surface area contributed by atoms with Crippen LogP contribution in [0.2, 0.25) is 0 Å². The van der Waals surface area contributed by atoms with Gasteiger partial charge in [0.2, 0.25) is 0 Å². The summed E-state index contributed by atoms with van der Waals surface area (Å²) in [4.78, 5) is 0. The third-order valence-corrected chi connectivity index (χ3v) is 4.12. The first-order valence-corrected chi connectivity index (χ1v) is 7.57. The molecule has 0 aliphatic carbocycles. The van der Waals surface area contributed by atoms with Gasteiger partial charge in [0.05, 0.1) is 6.10 Å². The molecule has 0 saturated heterocycles. The zero-order valence-electron chi connectivity index (χ0n) is 13.5. The summed E-state index contributed by atoms with van der Waals surface area (Å²) in [6, 6.07) is 0. The number of hydrogen-bond acceptors (Lipinski definition) is 1. The van der Waals surface area contributed by atoms with E-state index < -0.39 is 54.7 Å². The Kier molecular flexibility index (Phi) is 7.17. The average Bonchev–Trinajstić information content (AvgIpc) is 2.45. The molecular weight excluding hydrogens is 435 g/mol. The van der Waals surface area contributed by atoms with Crippen LogP contribution >= 0.6 is 0 Å². The Bertz CT molecular complexity index is 540. The maximum absolute atomic E-state index is 13.5. The van der Waals surface area contributed by atoms with Crippen LogP contribution in [0.4, 0.5) is 57.1 Å². The van der Waals surface area contributed by atoms with Gasteiger partial charge < -0.3 is 4.43 Å². The summed E-state index contributed by atoms with van der Waals surface area (Å²) < 4.78 is 172. The Morgan fingerprint density at radius 2 is 1.15 bits per heavy atom. The van der Waals surface area contributed by atoms with Gasteiger partial charge in [0.15, 0.2) is 0 Å². The molecular formula is C12H13F13OSi. The first kappa shape index (κ1) is 26.0. The topological polar surface area (TPSA) is 9.23 Å². The second-order valence-electron chi connectivity index (χ2n) is 5.61. The molecule has 0 heterocycles. The lowest BCUT2D eigenvalue weighted by Crippen LogP contribution is -2.70. The standard InChI is InChI=1S/C12H13F13OSi/c1-5(2)6(26-27)3-4-7(13,14)8(15,16)9(17,18)10(19,20)11(21,22)12(23,24)25/h6H,1,3-4H2,2,27H3. The van der Waals surface area contributed by atoms with Crippen molar-refractivity contribution < 1.29 is 61.5 Å². The van der Waals surface area contributed by atoms with E-state index in [0.717, 1.165) is 0 Å². The maximum atomic E-state index is 13.5. The van der Waals surface area contributed by atoms with Crippen LogP contribution in [-0.2, 0) is 4.43 Å². The molecule has 27 heavy (non-hydrogen) atoms. The molecule has 0 spiro atoms. The highest BCUT2D eigenvalue weighted by Crippen LogP contribution is 2.60. The first-order valence-electron chi connectivity index (χ1n) is 6.75. The van der Waals surface area contributed by atoms with E-state index in [1.165, 1.54) is 6.92 Å². The van der Waals surface area contributed by atoms with E-state index in [9.17, 15) is 57.1 Å². The smallest absolute Gasteiger partial charge is 0.421 e. The van der Waals surface area contributed by atoms with Crippen molar-refractivity contribution in [1.82, 2.24) is 0 Å². The van der Waals surface area contributed by atoms with E-state index in [1.54, 1.807) is 0 Å². The van der Waals surface area contributed by atoms with Crippen LogP contribution in [0.25, 0.3) is 0 Å². The van der Waals surface area contributed by atoms with E-state index in [1.807, 2.05) is 0 Å². The Morgan fingerprint density at radius 3 is 1.44 bits per heavy atom. The van der Waals surface area contributed by atoms with Gasteiger partial charge in [0.1, 0.15) is 10.5 Å². The molecule has 0 aromatic heterocycles. The summed E-state index contributed by atoms with van der Waals surface area (Å²) >= 11 is 0. The zero-order valence-corrected chi connectivity index (χ0v) is 15.5. The van der Waals surface area contributed by atoms with Crippen LogP contribution in [0, 0.1) is 0 Å². The van der Waals surface area contributed by atoms with Crippen molar-refractivity contribution in [2.75, 3.05) is 0 Å². The predicted molar refractivity (Wildman–Crippen MR) is 69.6 cm³/mol. The third-order valence-electron chi connectivity index (χ3n) is 3.55. The Morgan fingerprint density at radius 1 is 0.778 bits per heavy atom. The molecule has 0 bridgehead atoms. The fourth-order valence-electron chi connectivity index (χ4n) is 1.84. The van der Waals surface area contributed by atoms with Gasteiger partial charge in [0, 0.05) is 6.42 Å².